The van der Waals surface area contributed by atoms with Crippen LogP contribution in [0.25, 0.3) is 0 Å². The third-order valence-electron chi connectivity index (χ3n) is 9.48. The predicted molar refractivity (Wildman–Crippen MR) is 191 cm³/mol. The Morgan fingerprint density at radius 3 is 2.38 bits per heavy atom. The second kappa shape index (κ2) is 16.0. The molecule has 0 unspecified atom stereocenters. The number of oxime groups is 1. The summed E-state index contributed by atoms with van der Waals surface area (Å²) in [7, 11) is 3.08. The molecule has 14 heteroatoms. The van der Waals surface area contributed by atoms with Crippen LogP contribution in [0.1, 0.15) is 77.3 Å². The van der Waals surface area contributed by atoms with E-state index < -0.39 is 58.7 Å². The van der Waals surface area contributed by atoms with Crippen LogP contribution in [-0.2, 0) is 35.4 Å². The largest absolute Gasteiger partial charge is 0.497 e. The summed E-state index contributed by atoms with van der Waals surface area (Å²) in [6.45, 7) is 7.19. The zero-order chi connectivity index (χ0) is 37.6. The summed E-state index contributed by atoms with van der Waals surface area (Å²) in [6.07, 6.45) is 1.84. The van der Waals surface area contributed by atoms with Gasteiger partial charge in [0.2, 0.25) is 17.6 Å². The average Bonchev–Trinajstić information content (AvgIpc) is 3.73. The van der Waals surface area contributed by atoms with Crippen LogP contribution in [-0.4, -0.2) is 90.7 Å². The smallest absolute Gasteiger partial charge is 0.408 e. The number of rotatable bonds is 14. The van der Waals surface area contributed by atoms with Gasteiger partial charge in [0.15, 0.2) is 5.60 Å². The minimum absolute atomic E-state index is 0.000465. The summed E-state index contributed by atoms with van der Waals surface area (Å²) in [4.78, 5) is 75.3. The number of Topliss-reactive ketones (excluding diaryl/α,β-unsaturated/α-hetero) is 1. The fraction of sp³-hybridized carbons (Fsp3) is 0.526. The maximum absolute atomic E-state index is 14.6. The van der Waals surface area contributed by atoms with Crippen LogP contribution in [0.4, 0.5) is 4.79 Å². The van der Waals surface area contributed by atoms with Gasteiger partial charge in [-0.25, -0.2) is 4.79 Å². The van der Waals surface area contributed by atoms with Crippen molar-refractivity contribution in [1.82, 2.24) is 20.9 Å². The number of nitrogens with one attached hydrogen (secondary N) is 3. The Morgan fingerprint density at radius 2 is 1.75 bits per heavy atom. The maximum atomic E-state index is 14.6. The van der Waals surface area contributed by atoms with Crippen LogP contribution in [0.15, 0.2) is 53.7 Å². The molecule has 0 bridgehead atoms. The molecular formula is C38H49N5O9. The lowest BCUT2D eigenvalue weighted by Crippen LogP contribution is -2.59. The molecule has 1 saturated carbocycles. The minimum atomic E-state index is -1.12. The molecule has 280 valence electrons. The predicted octanol–water partition coefficient (Wildman–Crippen LogP) is 3.64. The van der Waals surface area contributed by atoms with Gasteiger partial charge < -0.3 is 39.9 Å². The number of ketones is 1. The van der Waals surface area contributed by atoms with E-state index in [1.807, 2.05) is 37.3 Å². The average molecular weight is 720 g/mol. The molecule has 3 aliphatic rings. The summed E-state index contributed by atoms with van der Waals surface area (Å²) >= 11 is 0. The Morgan fingerprint density at radius 1 is 1.02 bits per heavy atom. The van der Waals surface area contributed by atoms with Crippen molar-refractivity contribution < 1.29 is 43.0 Å². The number of carbonyl (C=O) groups excluding carboxylic acids is 5. The van der Waals surface area contributed by atoms with E-state index in [4.69, 9.17) is 19.0 Å². The summed E-state index contributed by atoms with van der Waals surface area (Å²) in [6, 6.07) is 11.1. The lowest BCUT2D eigenvalue weighted by molar-refractivity contribution is -0.144. The maximum Gasteiger partial charge on any atom is 0.408 e. The van der Waals surface area contributed by atoms with Gasteiger partial charge in [0.1, 0.15) is 30.2 Å². The van der Waals surface area contributed by atoms with Crippen molar-refractivity contribution >= 4 is 35.3 Å². The zero-order valence-corrected chi connectivity index (χ0v) is 30.7. The third kappa shape index (κ3) is 9.01. The van der Waals surface area contributed by atoms with Crippen molar-refractivity contribution in [2.45, 2.75) is 103 Å². The van der Waals surface area contributed by atoms with Crippen molar-refractivity contribution in [2.24, 2.45) is 10.6 Å². The van der Waals surface area contributed by atoms with Gasteiger partial charge in [0.25, 0.3) is 5.91 Å². The van der Waals surface area contributed by atoms with Gasteiger partial charge in [-0.15, -0.1) is 0 Å². The lowest BCUT2D eigenvalue weighted by atomic mass is 9.85. The molecule has 4 amide bonds. The lowest BCUT2D eigenvalue weighted by Gasteiger charge is -2.35. The molecular weight excluding hydrogens is 670 g/mol. The Hall–Kier alpha value is -5.14. The number of alkyl carbamates (subject to hydrolysis) is 1. The molecule has 2 heterocycles. The van der Waals surface area contributed by atoms with Gasteiger partial charge in [0, 0.05) is 30.5 Å². The van der Waals surface area contributed by atoms with Gasteiger partial charge in [-0.3, -0.25) is 19.2 Å². The Bertz CT molecular complexity index is 1690. The monoisotopic (exact) mass is 719 g/mol. The molecule has 52 heavy (non-hydrogen) atoms. The van der Waals surface area contributed by atoms with E-state index >= 15 is 0 Å². The molecule has 1 aliphatic carbocycles. The highest BCUT2D eigenvalue weighted by molar-refractivity contribution is 6.38. The fourth-order valence-corrected chi connectivity index (χ4v) is 6.48. The molecule has 0 aromatic heterocycles. The number of benzene rings is 2. The molecule has 3 N–H and O–H groups in total. The zero-order valence-electron chi connectivity index (χ0n) is 30.7. The van der Waals surface area contributed by atoms with Crippen molar-refractivity contribution in [1.29, 1.82) is 0 Å². The topological polar surface area (TPSA) is 174 Å². The molecule has 0 radical (unpaired) electrons. The van der Waals surface area contributed by atoms with Gasteiger partial charge in [-0.1, -0.05) is 69.6 Å². The Kier molecular flexibility index (Phi) is 11.8. The van der Waals surface area contributed by atoms with Crippen molar-refractivity contribution in [3.63, 3.8) is 0 Å². The Balaban J connectivity index is 1.40. The fourth-order valence-electron chi connectivity index (χ4n) is 6.48. The summed E-state index contributed by atoms with van der Waals surface area (Å²) in [5, 5.41) is 12.6. The highest BCUT2D eigenvalue weighted by Crippen LogP contribution is 2.41. The summed E-state index contributed by atoms with van der Waals surface area (Å²) in [5.74, 6) is -1.53. The first-order chi connectivity index (χ1) is 24.8. The molecule has 2 aromatic carbocycles. The number of hydrogen-bond acceptors (Lipinski definition) is 10. The first kappa shape index (κ1) is 38.1. The summed E-state index contributed by atoms with van der Waals surface area (Å²) in [5.41, 5.74) is 0.0760. The molecule has 4 atom stereocenters. The van der Waals surface area contributed by atoms with Gasteiger partial charge in [-0.2, -0.15) is 0 Å². The van der Waals surface area contributed by atoms with Gasteiger partial charge >= 0.3 is 6.09 Å². The molecule has 14 nitrogen and oxygen atoms in total. The number of ether oxygens (including phenoxy) is 3. The van der Waals surface area contributed by atoms with Gasteiger partial charge in [0.05, 0.1) is 32.5 Å². The molecule has 2 aliphatic heterocycles. The molecule has 2 fully saturated rings. The number of likely N-dealkylation sites (tertiary alicyclic amines) is 1. The van der Waals surface area contributed by atoms with Crippen molar-refractivity contribution in [3.05, 3.63) is 59.7 Å². The van der Waals surface area contributed by atoms with Crippen LogP contribution in [0.2, 0.25) is 0 Å². The number of carbonyl (C=O) groups is 5. The van der Waals surface area contributed by atoms with Crippen LogP contribution in [0.5, 0.6) is 11.5 Å². The molecule has 1 spiro atoms. The molecule has 1 saturated heterocycles. The standard InChI is InChI=1S/C38H49N5O9/c1-7-11-27(31(44)34(46)39-24-14-15-24)40-33(45)29-20-38(19-28(42-52-38)26-17-16-25(49-5)18-30(26)50-6)22-43(29)35(47)32(37(2,3)4)41-36(48)51-21-23-12-9-8-10-13-23/h8-10,12-13,16-18,24,27,29,32H,7,11,14-15,19-22H2,1-6H3,(H,39,46)(H,40,45)(H,41,48)/t27-,29-,32+,38+/m0/s1. The third-order valence-corrected chi connectivity index (χ3v) is 9.48. The first-order valence-electron chi connectivity index (χ1n) is 17.7. The van der Waals surface area contributed by atoms with Crippen LogP contribution >= 0.6 is 0 Å². The first-order valence-corrected chi connectivity index (χ1v) is 17.7. The quantitative estimate of drug-likeness (QED) is 0.247. The van der Waals surface area contributed by atoms with Crippen LogP contribution in [0, 0.1) is 5.41 Å². The highest BCUT2D eigenvalue weighted by atomic mass is 16.7. The van der Waals surface area contributed by atoms with Crippen LogP contribution in [0.3, 0.4) is 0 Å². The van der Waals surface area contributed by atoms with E-state index in [0.717, 1.165) is 18.4 Å². The van der Waals surface area contributed by atoms with Crippen molar-refractivity contribution in [3.8, 4) is 11.5 Å². The van der Waals surface area contributed by atoms with E-state index in [9.17, 15) is 24.0 Å². The molecule has 5 rings (SSSR count). The van der Waals surface area contributed by atoms with E-state index in [1.165, 1.54) is 12.0 Å². The summed E-state index contributed by atoms with van der Waals surface area (Å²) < 4.78 is 16.4. The molecule has 2 aromatic rings. The van der Waals surface area contributed by atoms with E-state index in [2.05, 4.69) is 21.1 Å². The Labute approximate surface area is 303 Å². The number of amides is 4. The number of nitrogens with zero attached hydrogens (tertiary/aromatic N) is 2. The minimum Gasteiger partial charge on any atom is -0.497 e. The van der Waals surface area contributed by atoms with E-state index in [1.54, 1.807) is 46.1 Å². The van der Waals surface area contributed by atoms with E-state index in [0.29, 0.717) is 29.2 Å². The second-order valence-corrected chi connectivity index (χ2v) is 14.7. The van der Waals surface area contributed by atoms with Gasteiger partial charge in [-0.05, 0) is 42.4 Å². The SMILES string of the molecule is CCC[C@H](NC(=O)[C@@H]1C[C@]2(CC(c3ccc(OC)cc3OC)=NO2)CN1C(=O)[C@@H](NC(=O)OCc1ccccc1)C(C)(C)C)C(=O)C(=O)NC1CC1. The highest BCUT2D eigenvalue weighted by Gasteiger charge is 2.56. The normalized spacial score (nSPS) is 20.6. The number of methoxy groups -OCH3 is 2. The van der Waals surface area contributed by atoms with E-state index in [-0.39, 0.29) is 38.5 Å². The second-order valence-electron chi connectivity index (χ2n) is 14.7. The van der Waals surface area contributed by atoms with Crippen molar-refractivity contribution in [2.75, 3.05) is 20.8 Å². The van der Waals surface area contributed by atoms with Crippen LogP contribution < -0.4 is 25.4 Å². The number of hydrogen-bond donors (Lipinski definition) is 3.